The molecule has 0 fully saturated rings. The molecule has 148 valence electrons. The number of nitrogens with one attached hydrogen (secondary N) is 2. The summed E-state index contributed by atoms with van der Waals surface area (Å²) in [5.41, 5.74) is 0.226. The molecule has 1 amide bonds. The molecule has 2 rings (SSSR count). The van der Waals surface area contributed by atoms with Gasteiger partial charge in [0.2, 0.25) is 15.9 Å². The van der Waals surface area contributed by atoms with Crippen molar-refractivity contribution in [3.05, 3.63) is 48.2 Å². The number of nitrogens with zero attached hydrogens (tertiary/aromatic N) is 1. The summed E-state index contributed by atoms with van der Waals surface area (Å²) >= 11 is 0. The van der Waals surface area contributed by atoms with Gasteiger partial charge in [0.1, 0.15) is 0 Å². The van der Waals surface area contributed by atoms with Gasteiger partial charge < -0.3 is 10.1 Å². The number of hydrogen-bond acceptors (Lipinski definition) is 5. The molecule has 0 atom stereocenters. The highest BCUT2D eigenvalue weighted by molar-refractivity contribution is 7.89. The highest BCUT2D eigenvalue weighted by Gasteiger charge is 2.28. The summed E-state index contributed by atoms with van der Waals surface area (Å²) in [4.78, 5) is 15.8. The number of rotatable bonds is 7. The molecule has 2 N–H and O–H groups in total. The smallest absolute Gasteiger partial charge is 0.422 e. The number of amides is 1. The maximum absolute atomic E-state index is 12.3. The van der Waals surface area contributed by atoms with Gasteiger partial charge in [0.15, 0.2) is 6.61 Å². The summed E-state index contributed by atoms with van der Waals surface area (Å²) in [5.74, 6) is 1.24. The van der Waals surface area contributed by atoms with Crippen LogP contribution in [-0.2, 0) is 10.0 Å². The first kappa shape index (κ1) is 21.2. The van der Waals surface area contributed by atoms with Crippen LogP contribution in [0.3, 0.4) is 0 Å². The SMILES string of the molecule is C#CCNS(=O)(=O)c1cccc(C(=O)Nc2ccc(OCC(F)(F)F)nc2)c1. The van der Waals surface area contributed by atoms with Crippen molar-refractivity contribution in [2.75, 3.05) is 18.5 Å². The molecule has 0 aliphatic carbocycles. The van der Waals surface area contributed by atoms with Crippen LogP contribution in [-0.4, -0.2) is 38.6 Å². The molecule has 28 heavy (non-hydrogen) atoms. The standard InChI is InChI=1S/C17H14F3N3O4S/c1-2-8-22-28(25,26)14-5-3-4-12(9-14)16(24)23-13-6-7-15(21-10-13)27-11-17(18,19)20/h1,3-7,9-10,22H,8,11H2,(H,23,24). The number of alkyl halides is 3. The van der Waals surface area contributed by atoms with Gasteiger partial charge in [-0.3, -0.25) is 4.79 Å². The topological polar surface area (TPSA) is 97.4 Å². The van der Waals surface area contributed by atoms with Gasteiger partial charge in [-0.15, -0.1) is 6.42 Å². The first-order chi connectivity index (χ1) is 13.1. The van der Waals surface area contributed by atoms with Gasteiger partial charge >= 0.3 is 6.18 Å². The van der Waals surface area contributed by atoms with Crippen molar-refractivity contribution in [2.45, 2.75) is 11.1 Å². The van der Waals surface area contributed by atoms with E-state index in [0.29, 0.717) is 0 Å². The number of ether oxygens (including phenoxy) is 1. The molecule has 1 aromatic carbocycles. The predicted octanol–water partition coefficient (Wildman–Crippen LogP) is 2.19. The number of halogens is 3. The second kappa shape index (κ2) is 8.73. The monoisotopic (exact) mass is 413 g/mol. The number of sulfonamides is 1. The Bertz CT molecular complexity index is 984. The minimum atomic E-state index is -4.49. The van der Waals surface area contributed by atoms with E-state index in [4.69, 9.17) is 6.42 Å². The number of terminal acetylenes is 1. The lowest BCUT2D eigenvalue weighted by Crippen LogP contribution is -2.24. The first-order valence-electron chi connectivity index (χ1n) is 7.61. The van der Waals surface area contributed by atoms with Crippen LogP contribution in [0.15, 0.2) is 47.5 Å². The predicted molar refractivity (Wildman–Crippen MR) is 94.2 cm³/mol. The minimum Gasteiger partial charge on any atom is -0.468 e. The fourth-order valence-electron chi connectivity index (χ4n) is 1.92. The Hall–Kier alpha value is -3.10. The highest BCUT2D eigenvalue weighted by Crippen LogP contribution is 2.19. The molecule has 0 aliphatic heterocycles. The van der Waals surface area contributed by atoms with E-state index >= 15 is 0 Å². The number of benzene rings is 1. The van der Waals surface area contributed by atoms with Gasteiger partial charge in [-0.1, -0.05) is 12.0 Å². The van der Waals surface area contributed by atoms with Crippen LogP contribution in [0.5, 0.6) is 5.88 Å². The number of carbonyl (C=O) groups excluding carboxylic acids is 1. The van der Waals surface area contributed by atoms with Crippen LogP contribution in [0.4, 0.5) is 18.9 Å². The van der Waals surface area contributed by atoms with Crippen LogP contribution in [0.1, 0.15) is 10.4 Å². The van der Waals surface area contributed by atoms with Crippen molar-refractivity contribution in [3.8, 4) is 18.2 Å². The third kappa shape index (κ3) is 6.26. The lowest BCUT2D eigenvalue weighted by molar-refractivity contribution is -0.154. The molecule has 0 saturated heterocycles. The lowest BCUT2D eigenvalue weighted by atomic mass is 10.2. The van der Waals surface area contributed by atoms with Crippen LogP contribution in [0.2, 0.25) is 0 Å². The Balaban J connectivity index is 2.07. The largest absolute Gasteiger partial charge is 0.468 e. The van der Waals surface area contributed by atoms with E-state index in [9.17, 15) is 26.4 Å². The molecular weight excluding hydrogens is 399 g/mol. The van der Waals surface area contributed by atoms with Crippen LogP contribution in [0.25, 0.3) is 0 Å². The summed E-state index contributed by atoms with van der Waals surface area (Å²) < 4.78 is 67.0. The maximum Gasteiger partial charge on any atom is 0.422 e. The van der Waals surface area contributed by atoms with E-state index in [0.717, 1.165) is 18.3 Å². The molecule has 0 spiro atoms. The molecule has 0 aliphatic rings. The average Bonchev–Trinajstić information content (AvgIpc) is 2.65. The minimum absolute atomic E-state index is 0.0426. The molecule has 0 bridgehead atoms. The molecule has 0 unspecified atom stereocenters. The average molecular weight is 413 g/mol. The Morgan fingerprint density at radius 1 is 1.25 bits per heavy atom. The van der Waals surface area contributed by atoms with Gasteiger partial charge in [0, 0.05) is 11.6 Å². The van der Waals surface area contributed by atoms with Crippen molar-refractivity contribution in [3.63, 3.8) is 0 Å². The Labute approximate surface area is 159 Å². The van der Waals surface area contributed by atoms with Crippen molar-refractivity contribution in [1.82, 2.24) is 9.71 Å². The molecule has 0 radical (unpaired) electrons. The van der Waals surface area contributed by atoms with Crippen molar-refractivity contribution in [2.24, 2.45) is 0 Å². The van der Waals surface area contributed by atoms with Crippen molar-refractivity contribution >= 4 is 21.6 Å². The summed E-state index contributed by atoms with van der Waals surface area (Å²) in [6.07, 6.45) is 1.64. The molecule has 1 aromatic heterocycles. The molecule has 0 saturated carbocycles. The summed E-state index contributed by atoms with van der Waals surface area (Å²) in [7, 11) is -3.87. The molecule has 11 heteroatoms. The number of aromatic nitrogens is 1. The summed E-state index contributed by atoms with van der Waals surface area (Å²) in [6.45, 7) is -1.69. The fraction of sp³-hybridized carbons (Fsp3) is 0.176. The van der Waals surface area contributed by atoms with Gasteiger partial charge in [0.05, 0.1) is 23.3 Å². The van der Waals surface area contributed by atoms with Gasteiger partial charge in [-0.2, -0.15) is 17.9 Å². The third-order valence-electron chi connectivity index (χ3n) is 3.15. The number of anilines is 1. The molecular formula is C17H14F3N3O4S. The zero-order valence-electron chi connectivity index (χ0n) is 14.2. The Kier molecular flexibility index (Phi) is 6.61. The summed E-state index contributed by atoms with van der Waals surface area (Å²) in [6, 6.07) is 7.68. The normalized spacial score (nSPS) is 11.5. The van der Waals surface area contributed by atoms with Gasteiger partial charge in [0.25, 0.3) is 5.91 Å². The zero-order valence-corrected chi connectivity index (χ0v) is 15.0. The number of carbonyl (C=O) groups is 1. The van der Waals surface area contributed by atoms with E-state index in [1.54, 1.807) is 0 Å². The quantitative estimate of drug-likeness (QED) is 0.679. The van der Waals surface area contributed by atoms with Crippen LogP contribution < -0.4 is 14.8 Å². The maximum atomic E-state index is 12.3. The molecule has 2 aromatic rings. The fourth-order valence-corrected chi connectivity index (χ4v) is 2.90. The van der Waals surface area contributed by atoms with Crippen LogP contribution in [0, 0.1) is 12.3 Å². The lowest BCUT2D eigenvalue weighted by Gasteiger charge is -2.10. The second-order valence-corrected chi connectivity index (χ2v) is 7.07. The molecule has 1 heterocycles. The van der Waals surface area contributed by atoms with Gasteiger partial charge in [-0.05, 0) is 24.3 Å². The highest BCUT2D eigenvalue weighted by atomic mass is 32.2. The van der Waals surface area contributed by atoms with E-state index < -0.39 is 28.7 Å². The van der Waals surface area contributed by atoms with E-state index in [-0.39, 0.29) is 28.6 Å². The second-order valence-electron chi connectivity index (χ2n) is 5.30. The number of hydrogen-bond donors (Lipinski definition) is 2. The van der Waals surface area contributed by atoms with E-state index in [1.807, 2.05) is 0 Å². The summed E-state index contributed by atoms with van der Waals surface area (Å²) in [5, 5.41) is 2.45. The zero-order chi connectivity index (χ0) is 20.8. The van der Waals surface area contributed by atoms with Crippen LogP contribution >= 0.6 is 0 Å². The molecule has 7 nitrogen and oxygen atoms in total. The van der Waals surface area contributed by atoms with E-state index in [1.165, 1.54) is 24.3 Å². The van der Waals surface area contributed by atoms with Gasteiger partial charge in [-0.25, -0.2) is 13.4 Å². The van der Waals surface area contributed by atoms with Crippen molar-refractivity contribution in [1.29, 1.82) is 0 Å². The van der Waals surface area contributed by atoms with Crippen molar-refractivity contribution < 1.29 is 31.1 Å². The Morgan fingerprint density at radius 2 is 2.00 bits per heavy atom. The number of pyridine rings is 1. The Morgan fingerprint density at radius 3 is 2.61 bits per heavy atom. The third-order valence-corrected chi connectivity index (χ3v) is 4.55. The first-order valence-corrected chi connectivity index (χ1v) is 9.09. The van der Waals surface area contributed by atoms with E-state index in [2.05, 4.69) is 25.7 Å².